The van der Waals surface area contributed by atoms with Gasteiger partial charge in [-0.05, 0) is 12.2 Å². The number of hydrogen-bond acceptors (Lipinski definition) is 8. The molecule has 10 heteroatoms. The van der Waals surface area contributed by atoms with Gasteiger partial charge in [0.25, 0.3) is 0 Å². The molecule has 2 unspecified atom stereocenters. The van der Waals surface area contributed by atoms with Gasteiger partial charge in [-0.3, -0.25) is 4.79 Å². The van der Waals surface area contributed by atoms with Crippen LogP contribution in [-0.2, 0) is 9.53 Å². The molecule has 1 fully saturated rings. The number of carbonyl (C=O) groups excluding carboxylic acids is 1. The van der Waals surface area contributed by atoms with E-state index in [1.165, 1.54) is 6.92 Å². The van der Waals surface area contributed by atoms with Crippen molar-refractivity contribution in [3.05, 3.63) is 11.5 Å². The lowest BCUT2D eigenvalue weighted by atomic mass is 10.2. The maximum atomic E-state index is 12.0. The fraction of sp³-hybridized carbons (Fsp3) is 0.733. The molecule has 25 heavy (non-hydrogen) atoms. The van der Waals surface area contributed by atoms with E-state index in [2.05, 4.69) is 11.9 Å². The molecule has 0 aromatic heterocycles. The molecule has 0 aliphatic carbocycles. The Balaban J connectivity index is 2.39. The van der Waals surface area contributed by atoms with E-state index in [9.17, 15) is 15.0 Å². The normalized spacial score (nSPS) is 29.5. The van der Waals surface area contributed by atoms with Crippen molar-refractivity contribution in [1.82, 2.24) is 9.80 Å². The van der Waals surface area contributed by atoms with Crippen molar-refractivity contribution in [3.8, 4) is 0 Å². The number of thioether (sulfide) groups is 1. The van der Waals surface area contributed by atoms with Gasteiger partial charge in [0.05, 0.1) is 24.6 Å². The lowest BCUT2D eigenvalue weighted by Crippen LogP contribution is -2.43. The first-order valence-electron chi connectivity index (χ1n) is 8.20. The smallest absolute Gasteiger partial charge is 0.192 e. The number of aliphatic imine (C=N–C) groups is 1. The minimum absolute atomic E-state index is 0.163. The van der Waals surface area contributed by atoms with E-state index in [-0.39, 0.29) is 23.6 Å². The van der Waals surface area contributed by atoms with E-state index < -0.39 is 18.4 Å². The number of allylic oxidation sites excluding steroid dienone is 1. The number of ether oxygens (including phenoxy) is 1. The zero-order chi connectivity index (χ0) is 18.7. The average molecular weight is 373 g/mol. The summed E-state index contributed by atoms with van der Waals surface area (Å²) in [5.41, 5.74) is 11.5. The van der Waals surface area contributed by atoms with E-state index in [1.54, 1.807) is 28.6 Å². The van der Waals surface area contributed by atoms with Crippen LogP contribution in [-0.4, -0.2) is 81.5 Å². The summed E-state index contributed by atoms with van der Waals surface area (Å²) < 4.78 is 5.89. The van der Waals surface area contributed by atoms with Gasteiger partial charge in [0, 0.05) is 14.0 Å². The molecule has 6 N–H and O–H groups in total. The van der Waals surface area contributed by atoms with Gasteiger partial charge < -0.3 is 36.2 Å². The molecule has 2 aliphatic rings. The van der Waals surface area contributed by atoms with Gasteiger partial charge in [-0.2, -0.15) is 16.8 Å². The largest absolute Gasteiger partial charge is 0.394 e. The zero-order valence-electron chi connectivity index (χ0n) is 14.8. The second-order valence-corrected chi connectivity index (χ2v) is 7.43. The van der Waals surface area contributed by atoms with Crippen LogP contribution in [0.25, 0.3) is 0 Å². The number of carbonyl (C=O) groups is 1. The third kappa shape index (κ3) is 4.02. The van der Waals surface area contributed by atoms with Crippen molar-refractivity contribution in [2.24, 2.45) is 16.5 Å². The Morgan fingerprint density at radius 2 is 2.16 bits per heavy atom. The summed E-state index contributed by atoms with van der Waals surface area (Å²) in [6.07, 6.45) is -1.12. The Morgan fingerprint density at radius 1 is 1.48 bits per heavy atom. The molecule has 142 valence electrons. The van der Waals surface area contributed by atoms with Crippen LogP contribution in [0.1, 0.15) is 20.3 Å². The number of nitrogens with zero attached hydrogens (tertiary/aromatic N) is 3. The lowest BCUT2D eigenvalue weighted by Gasteiger charge is -2.30. The Kier molecular flexibility index (Phi) is 6.55. The Morgan fingerprint density at radius 3 is 2.68 bits per heavy atom. The van der Waals surface area contributed by atoms with Crippen molar-refractivity contribution in [1.29, 1.82) is 0 Å². The molecule has 0 radical (unpaired) electrons. The van der Waals surface area contributed by atoms with Gasteiger partial charge >= 0.3 is 0 Å². The summed E-state index contributed by atoms with van der Waals surface area (Å²) in [5, 5.41) is 19.7. The van der Waals surface area contributed by atoms with E-state index in [4.69, 9.17) is 16.2 Å². The summed E-state index contributed by atoms with van der Waals surface area (Å²) >= 11 is 1.57. The monoisotopic (exact) mass is 373 g/mol. The minimum Gasteiger partial charge on any atom is -0.394 e. The molecule has 2 rings (SSSR count). The summed E-state index contributed by atoms with van der Waals surface area (Å²) in [6.45, 7) is 3.56. The average Bonchev–Trinajstić information content (AvgIpc) is 3.01. The highest BCUT2D eigenvalue weighted by Crippen LogP contribution is 2.38. The quantitative estimate of drug-likeness (QED) is 0.321. The van der Waals surface area contributed by atoms with Crippen LogP contribution >= 0.6 is 11.8 Å². The van der Waals surface area contributed by atoms with Crippen molar-refractivity contribution in [3.63, 3.8) is 0 Å². The van der Waals surface area contributed by atoms with Gasteiger partial charge in [0.2, 0.25) is 0 Å². The highest BCUT2D eigenvalue weighted by molar-refractivity contribution is 8.00. The number of Topliss-reactive ketones (excluding diaryl/α,β-unsaturated/α-hetero) is 1. The van der Waals surface area contributed by atoms with Crippen LogP contribution in [0.3, 0.4) is 0 Å². The third-order valence-electron chi connectivity index (χ3n) is 4.11. The first-order valence-corrected chi connectivity index (χ1v) is 9.25. The van der Waals surface area contributed by atoms with Gasteiger partial charge in [0.15, 0.2) is 17.6 Å². The van der Waals surface area contributed by atoms with E-state index in [0.29, 0.717) is 18.2 Å². The highest BCUT2D eigenvalue weighted by Gasteiger charge is 2.49. The maximum absolute atomic E-state index is 12.0. The molecule has 2 aliphatic heterocycles. The summed E-state index contributed by atoms with van der Waals surface area (Å²) in [6, 6.07) is 0. The molecule has 2 heterocycles. The van der Waals surface area contributed by atoms with Crippen molar-refractivity contribution >= 4 is 23.5 Å². The van der Waals surface area contributed by atoms with Crippen molar-refractivity contribution in [2.45, 2.75) is 44.0 Å². The van der Waals surface area contributed by atoms with Crippen LogP contribution in [0.2, 0.25) is 0 Å². The molecule has 0 amide bonds. The lowest BCUT2D eigenvalue weighted by molar-refractivity contribution is -0.114. The topological polar surface area (TPSA) is 138 Å². The molecule has 1 saturated heterocycles. The minimum atomic E-state index is -0.821. The highest BCUT2D eigenvalue weighted by atomic mass is 32.2. The molecule has 0 aromatic carbocycles. The fourth-order valence-corrected chi connectivity index (χ4v) is 4.35. The number of ketones is 1. The Hall–Kier alpha value is -1.49. The summed E-state index contributed by atoms with van der Waals surface area (Å²) in [7, 11) is 1.77. The first kappa shape index (κ1) is 19.8. The van der Waals surface area contributed by atoms with Gasteiger partial charge in [-0.1, -0.05) is 6.92 Å². The molecule has 0 saturated carbocycles. The van der Waals surface area contributed by atoms with Crippen molar-refractivity contribution < 1.29 is 19.7 Å². The number of rotatable bonds is 7. The van der Waals surface area contributed by atoms with Crippen LogP contribution in [0.4, 0.5) is 0 Å². The Bertz CT molecular complexity index is 566. The summed E-state index contributed by atoms with van der Waals surface area (Å²) in [5.74, 6) is 0.835. The number of aliphatic hydroxyl groups excluding tert-OH is 2. The van der Waals surface area contributed by atoms with E-state index in [1.807, 2.05) is 0 Å². The van der Waals surface area contributed by atoms with E-state index in [0.717, 1.165) is 12.2 Å². The molecular weight excluding hydrogens is 346 g/mol. The predicted molar refractivity (Wildman–Crippen MR) is 96.3 cm³/mol. The third-order valence-corrected chi connectivity index (χ3v) is 5.65. The van der Waals surface area contributed by atoms with Crippen LogP contribution in [0.15, 0.2) is 16.5 Å². The van der Waals surface area contributed by atoms with Gasteiger partial charge in [-0.25, -0.2) is 0 Å². The SMILES string of the molecule is CCCSC1C(O)[C@@H](CO)O[C@H]1N1CN(C)C(C(C)=O)=C1N=C(N)N. The predicted octanol–water partition coefficient (Wildman–Crippen LogP) is -1.19. The number of nitrogens with two attached hydrogens (primary N) is 2. The molecule has 0 aromatic rings. The van der Waals surface area contributed by atoms with E-state index >= 15 is 0 Å². The number of aliphatic hydroxyl groups is 2. The standard InChI is InChI=1S/C15H27N5O4S/c1-4-5-25-12-11(23)9(6-21)24-14(12)20-7-19(3)10(8(2)22)13(20)18-15(16)17/h9,11-12,14,21,23H,4-7H2,1-3H3,(H4,16,17,18)/t9-,11?,12?,14-/m1/s1. The number of likely N-dealkylation sites (N-methyl/N-ethyl adjacent to an activating group) is 1. The fourth-order valence-electron chi connectivity index (χ4n) is 3.09. The van der Waals surface area contributed by atoms with Crippen molar-refractivity contribution in [2.75, 3.05) is 26.1 Å². The number of hydrogen-bond donors (Lipinski definition) is 4. The van der Waals surface area contributed by atoms with Gasteiger partial charge in [-0.15, -0.1) is 0 Å². The number of guanidine groups is 1. The molecule has 4 atom stereocenters. The molecule has 9 nitrogen and oxygen atoms in total. The molecule has 0 spiro atoms. The van der Waals surface area contributed by atoms with Crippen LogP contribution in [0, 0.1) is 0 Å². The first-order chi connectivity index (χ1) is 11.8. The van der Waals surface area contributed by atoms with Crippen LogP contribution in [0.5, 0.6) is 0 Å². The Labute approximate surface area is 151 Å². The van der Waals surface area contributed by atoms with Gasteiger partial charge in [0.1, 0.15) is 18.0 Å². The molecule has 0 bridgehead atoms. The second kappa shape index (κ2) is 8.26. The second-order valence-electron chi connectivity index (χ2n) is 6.15. The zero-order valence-corrected chi connectivity index (χ0v) is 15.6. The maximum Gasteiger partial charge on any atom is 0.192 e. The summed E-state index contributed by atoms with van der Waals surface area (Å²) in [4.78, 5) is 19.7. The van der Waals surface area contributed by atoms with Crippen LogP contribution < -0.4 is 11.5 Å². The molecular formula is C15H27N5O4S.